The smallest absolute Gasteiger partial charge is 0.306 e. The molecule has 0 aliphatic heterocycles. The van der Waals surface area contributed by atoms with E-state index in [1.807, 2.05) is 0 Å². The minimum atomic E-state index is -0.790. The number of nitrogens with one attached hydrogen (secondary N) is 1. The molecule has 384 valence electrons. The standard InChI is InChI=1S/C59H113NO5/c1-4-7-10-13-16-19-22-25-28-30-32-35-38-41-44-47-50-55(65-59(64)52-49-46-43-40-37-34-31-29-26-23-20-17-14-11-8-5-2)53-58(63)60-56(54-61)57(62)51-48-45-42-39-36-33-27-24-21-18-15-12-9-6-3/h29,31-32,35,55-57,61-62H,4-28,30,33-34,36-54H2,1-3H3,(H,60,63)/b31-29+,35-32+. The number of carbonyl (C=O) groups excluding carboxylic acids is 2. The van der Waals surface area contributed by atoms with Crippen LogP contribution in [0.1, 0.15) is 316 Å². The fourth-order valence-corrected chi connectivity index (χ4v) is 9.07. The number of ether oxygens (including phenoxy) is 1. The van der Waals surface area contributed by atoms with Gasteiger partial charge < -0.3 is 20.3 Å². The van der Waals surface area contributed by atoms with Crippen LogP contribution in [-0.4, -0.2) is 46.9 Å². The van der Waals surface area contributed by atoms with Crippen molar-refractivity contribution in [1.29, 1.82) is 0 Å². The largest absolute Gasteiger partial charge is 0.462 e. The average molecular weight is 917 g/mol. The second kappa shape index (κ2) is 53.3. The van der Waals surface area contributed by atoms with E-state index in [-0.39, 0.29) is 24.9 Å². The van der Waals surface area contributed by atoms with Gasteiger partial charge in [0.1, 0.15) is 6.10 Å². The van der Waals surface area contributed by atoms with Crippen molar-refractivity contribution in [3.8, 4) is 0 Å². The molecule has 0 radical (unpaired) electrons. The summed E-state index contributed by atoms with van der Waals surface area (Å²) in [5, 5.41) is 23.9. The predicted octanol–water partition coefficient (Wildman–Crippen LogP) is 17.9. The van der Waals surface area contributed by atoms with E-state index in [9.17, 15) is 19.8 Å². The number of hydrogen-bond donors (Lipinski definition) is 3. The normalized spacial score (nSPS) is 13.2. The Morgan fingerprint density at radius 3 is 1.11 bits per heavy atom. The number of esters is 1. The second-order valence-electron chi connectivity index (χ2n) is 20.0. The summed E-state index contributed by atoms with van der Waals surface area (Å²) in [5.74, 6) is -0.482. The maximum absolute atomic E-state index is 13.3. The molecule has 0 aliphatic rings. The van der Waals surface area contributed by atoms with Crippen molar-refractivity contribution >= 4 is 11.9 Å². The monoisotopic (exact) mass is 916 g/mol. The molecule has 0 aromatic rings. The van der Waals surface area contributed by atoms with Gasteiger partial charge in [0, 0.05) is 6.42 Å². The van der Waals surface area contributed by atoms with Crippen molar-refractivity contribution in [2.45, 2.75) is 334 Å². The Morgan fingerprint density at radius 1 is 0.431 bits per heavy atom. The van der Waals surface area contributed by atoms with Crippen LogP contribution >= 0.6 is 0 Å². The molecular weight excluding hydrogens is 803 g/mol. The molecule has 0 heterocycles. The average Bonchev–Trinajstić information content (AvgIpc) is 3.30. The van der Waals surface area contributed by atoms with Crippen molar-refractivity contribution in [3.63, 3.8) is 0 Å². The Balaban J connectivity index is 4.57. The molecule has 3 N–H and O–H groups in total. The first-order valence-electron chi connectivity index (χ1n) is 29.1. The van der Waals surface area contributed by atoms with Crippen LogP contribution in [0.3, 0.4) is 0 Å². The van der Waals surface area contributed by atoms with Gasteiger partial charge >= 0.3 is 5.97 Å². The molecular formula is C59H113NO5. The number of unbranched alkanes of at least 4 members (excludes halogenated alkanes) is 37. The van der Waals surface area contributed by atoms with Gasteiger partial charge in [0.05, 0.1) is 25.2 Å². The molecule has 0 bridgehead atoms. The highest BCUT2D eigenvalue weighted by atomic mass is 16.5. The van der Waals surface area contributed by atoms with Crippen LogP contribution < -0.4 is 5.32 Å². The van der Waals surface area contributed by atoms with Crippen LogP contribution in [0.5, 0.6) is 0 Å². The summed E-state index contributed by atoms with van der Waals surface area (Å²) >= 11 is 0. The molecule has 65 heavy (non-hydrogen) atoms. The van der Waals surface area contributed by atoms with E-state index in [2.05, 4.69) is 50.4 Å². The second-order valence-corrected chi connectivity index (χ2v) is 20.0. The number of allylic oxidation sites excluding steroid dienone is 4. The molecule has 1 amide bonds. The minimum absolute atomic E-state index is 0.0684. The zero-order valence-corrected chi connectivity index (χ0v) is 43.9. The minimum Gasteiger partial charge on any atom is -0.462 e. The Bertz CT molecular complexity index is 1030. The molecule has 0 aromatic heterocycles. The lowest BCUT2D eigenvalue weighted by molar-refractivity contribution is -0.151. The molecule has 0 saturated heterocycles. The van der Waals surface area contributed by atoms with E-state index in [1.165, 1.54) is 205 Å². The lowest BCUT2D eigenvalue weighted by atomic mass is 10.0. The molecule has 3 atom stereocenters. The van der Waals surface area contributed by atoms with Gasteiger partial charge in [0.15, 0.2) is 0 Å². The summed E-state index contributed by atoms with van der Waals surface area (Å²) in [5.41, 5.74) is 0. The number of aliphatic hydroxyl groups is 2. The van der Waals surface area contributed by atoms with Gasteiger partial charge in [-0.2, -0.15) is 0 Å². The predicted molar refractivity (Wildman–Crippen MR) is 283 cm³/mol. The Morgan fingerprint density at radius 2 is 0.738 bits per heavy atom. The molecule has 0 aromatic carbocycles. The number of hydrogen-bond acceptors (Lipinski definition) is 5. The maximum atomic E-state index is 13.3. The molecule has 0 aliphatic carbocycles. The van der Waals surface area contributed by atoms with E-state index >= 15 is 0 Å². The van der Waals surface area contributed by atoms with E-state index in [4.69, 9.17) is 4.74 Å². The SMILES string of the molecule is CCCCCCCCC/C=C/CCCCCCCC(=O)OC(CCCCC/C=C/CCCCCCCCCCC)CC(=O)NC(CO)C(O)CCCCCCCCCCCCCCCC. The zero-order valence-electron chi connectivity index (χ0n) is 43.9. The molecule has 0 fully saturated rings. The fourth-order valence-electron chi connectivity index (χ4n) is 9.07. The highest BCUT2D eigenvalue weighted by Gasteiger charge is 2.24. The third-order valence-corrected chi connectivity index (χ3v) is 13.5. The Hall–Kier alpha value is -1.66. The molecule has 0 spiro atoms. The Labute approximate surface area is 405 Å². The third-order valence-electron chi connectivity index (χ3n) is 13.5. The van der Waals surface area contributed by atoms with Gasteiger partial charge in [-0.25, -0.2) is 0 Å². The number of carbonyl (C=O) groups is 2. The van der Waals surface area contributed by atoms with Gasteiger partial charge in [-0.05, 0) is 77.0 Å². The van der Waals surface area contributed by atoms with E-state index in [0.29, 0.717) is 19.3 Å². The van der Waals surface area contributed by atoms with Crippen LogP contribution in [0.4, 0.5) is 0 Å². The van der Waals surface area contributed by atoms with E-state index < -0.39 is 18.2 Å². The van der Waals surface area contributed by atoms with Crippen LogP contribution in [0.25, 0.3) is 0 Å². The third kappa shape index (κ3) is 48.6. The van der Waals surface area contributed by atoms with E-state index in [1.54, 1.807) is 0 Å². The number of amides is 1. The topological polar surface area (TPSA) is 95.9 Å². The summed E-state index contributed by atoms with van der Waals surface area (Å²) in [4.78, 5) is 26.3. The summed E-state index contributed by atoms with van der Waals surface area (Å²) in [6.45, 7) is 6.51. The van der Waals surface area contributed by atoms with Crippen molar-refractivity contribution in [2.75, 3.05) is 6.61 Å². The first kappa shape index (κ1) is 63.3. The van der Waals surface area contributed by atoms with Crippen LogP contribution in [0.2, 0.25) is 0 Å². The molecule has 3 unspecified atom stereocenters. The summed E-state index contributed by atoms with van der Waals surface area (Å²) in [6, 6.07) is -0.705. The zero-order chi connectivity index (χ0) is 47.4. The van der Waals surface area contributed by atoms with Gasteiger partial charge in [-0.15, -0.1) is 0 Å². The maximum Gasteiger partial charge on any atom is 0.306 e. The fraction of sp³-hybridized carbons (Fsp3) is 0.898. The number of rotatable bonds is 53. The number of aliphatic hydroxyl groups excluding tert-OH is 2. The van der Waals surface area contributed by atoms with Crippen LogP contribution in [0.15, 0.2) is 24.3 Å². The lowest BCUT2D eigenvalue weighted by Crippen LogP contribution is -2.46. The van der Waals surface area contributed by atoms with Gasteiger partial charge in [-0.1, -0.05) is 251 Å². The van der Waals surface area contributed by atoms with Gasteiger partial charge in [0.2, 0.25) is 5.91 Å². The molecule has 6 nitrogen and oxygen atoms in total. The summed E-state index contributed by atoms with van der Waals surface area (Å²) in [7, 11) is 0. The lowest BCUT2D eigenvalue weighted by Gasteiger charge is -2.24. The van der Waals surface area contributed by atoms with Crippen molar-refractivity contribution in [1.82, 2.24) is 5.32 Å². The van der Waals surface area contributed by atoms with E-state index in [0.717, 1.165) is 64.2 Å². The first-order valence-corrected chi connectivity index (χ1v) is 29.1. The first-order chi connectivity index (χ1) is 32.0. The summed E-state index contributed by atoms with van der Waals surface area (Å²) < 4.78 is 5.95. The van der Waals surface area contributed by atoms with Gasteiger partial charge in [-0.3, -0.25) is 9.59 Å². The molecule has 0 saturated carbocycles. The van der Waals surface area contributed by atoms with Crippen molar-refractivity contribution < 1.29 is 24.5 Å². The molecule has 6 heteroatoms. The van der Waals surface area contributed by atoms with Gasteiger partial charge in [0.25, 0.3) is 0 Å². The van der Waals surface area contributed by atoms with Crippen LogP contribution in [-0.2, 0) is 14.3 Å². The summed E-state index contributed by atoms with van der Waals surface area (Å²) in [6.07, 6.45) is 62.4. The molecule has 0 rings (SSSR count). The highest BCUT2D eigenvalue weighted by Crippen LogP contribution is 2.18. The van der Waals surface area contributed by atoms with Crippen LogP contribution in [0, 0.1) is 0 Å². The van der Waals surface area contributed by atoms with Crippen molar-refractivity contribution in [3.05, 3.63) is 24.3 Å². The highest BCUT2D eigenvalue weighted by molar-refractivity contribution is 5.77. The van der Waals surface area contributed by atoms with Crippen molar-refractivity contribution in [2.24, 2.45) is 0 Å². The Kier molecular flexibility index (Phi) is 51.9. The quantitative estimate of drug-likeness (QED) is 0.0321.